The number of amides is 2. The Hall–Kier alpha value is -2.91. The number of aryl methyl sites for hydroxylation is 1. The van der Waals surface area contributed by atoms with Crippen molar-refractivity contribution in [1.82, 2.24) is 10.0 Å². The number of ether oxygens (including phenoxy) is 1. The first-order valence-corrected chi connectivity index (χ1v) is 12.5. The molecule has 0 atom stereocenters. The highest BCUT2D eigenvalue weighted by Crippen LogP contribution is 2.29. The van der Waals surface area contributed by atoms with Crippen LogP contribution in [0.5, 0.6) is 5.75 Å². The normalized spacial score (nSPS) is 18.4. The van der Waals surface area contributed by atoms with E-state index >= 15 is 0 Å². The van der Waals surface area contributed by atoms with Gasteiger partial charge in [0.2, 0.25) is 21.8 Å². The van der Waals surface area contributed by atoms with Crippen molar-refractivity contribution in [2.75, 3.05) is 25.5 Å². The standard InChI is InChI=1S/C24H31N3O5S/c1-17-3-9-20(10-4-17)27-23(28)16-25-24(29)19-7-5-18(6-8-19)15-26-33(30,31)22-13-11-21(32-2)12-14-22/h3-4,9-14,18-19,26H,5-8,15-16H2,1-2H3,(H,25,29)(H,27,28). The fourth-order valence-electron chi connectivity index (χ4n) is 3.85. The van der Waals surface area contributed by atoms with Crippen molar-refractivity contribution in [2.24, 2.45) is 11.8 Å². The van der Waals surface area contributed by atoms with Gasteiger partial charge in [0.15, 0.2) is 0 Å². The van der Waals surface area contributed by atoms with Crippen LogP contribution in [0.1, 0.15) is 31.2 Å². The second-order valence-corrected chi connectivity index (χ2v) is 10.1. The number of carbonyl (C=O) groups is 2. The number of hydrogen-bond donors (Lipinski definition) is 3. The second-order valence-electron chi connectivity index (χ2n) is 8.38. The minimum absolute atomic E-state index is 0.0751. The molecule has 178 valence electrons. The highest BCUT2D eigenvalue weighted by Gasteiger charge is 2.27. The van der Waals surface area contributed by atoms with E-state index in [1.54, 1.807) is 12.1 Å². The van der Waals surface area contributed by atoms with Crippen molar-refractivity contribution >= 4 is 27.5 Å². The van der Waals surface area contributed by atoms with Crippen LogP contribution in [0.3, 0.4) is 0 Å². The molecule has 1 aliphatic rings. The number of hydrogen-bond acceptors (Lipinski definition) is 5. The average Bonchev–Trinajstić information content (AvgIpc) is 2.83. The molecule has 1 aliphatic carbocycles. The summed E-state index contributed by atoms with van der Waals surface area (Å²) in [7, 11) is -2.06. The molecular weight excluding hydrogens is 442 g/mol. The fourth-order valence-corrected chi connectivity index (χ4v) is 4.96. The minimum atomic E-state index is -3.59. The van der Waals surface area contributed by atoms with E-state index < -0.39 is 10.0 Å². The monoisotopic (exact) mass is 473 g/mol. The Kier molecular flexibility index (Phi) is 8.46. The van der Waals surface area contributed by atoms with E-state index in [9.17, 15) is 18.0 Å². The first-order valence-electron chi connectivity index (χ1n) is 11.0. The van der Waals surface area contributed by atoms with Gasteiger partial charge in [0.25, 0.3) is 0 Å². The maximum atomic E-state index is 12.5. The molecule has 3 N–H and O–H groups in total. The lowest BCUT2D eigenvalue weighted by Crippen LogP contribution is -2.39. The van der Waals surface area contributed by atoms with Crippen LogP contribution >= 0.6 is 0 Å². The summed E-state index contributed by atoms with van der Waals surface area (Å²) in [5.74, 6) is 0.205. The zero-order chi connectivity index (χ0) is 23.8. The van der Waals surface area contributed by atoms with Crippen LogP contribution in [0.2, 0.25) is 0 Å². The summed E-state index contributed by atoms with van der Waals surface area (Å²) in [5.41, 5.74) is 1.79. The van der Waals surface area contributed by atoms with E-state index in [1.165, 1.54) is 19.2 Å². The SMILES string of the molecule is COc1ccc(S(=O)(=O)NCC2CCC(C(=O)NCC(=O)Nc3ccc(C)cc3)CC2)cc1. The first kappa shape index (κ1) is 24.7. The molecule has 2 amide bonds. The molecule has 0 heterocycles. The minimum Gasteiger partial charge on any atom is -0.497 e. The van der Waals surface area contributed by atoms with Crippen LogP contribution < -0.4 is 20.1 Å². The Morgan fingerprint density at radius 3 is 2.21 bits per heavy atom. The maximum Gasteiger partial charge on any atom is 0.243 e. The molecule has 9 heteroatoms. The molecule has 0 bridgehead atoms. The Morgan fingerprint density at radius 2 is 1.61 bits per heavy atom. The van der Waals surface area contributed by atoms with Crippen molar-refractivity contribution in [2.45, 2.75) is 37.5 Å². The number of anilines is 1. The largest absolute Gasteiger partial charge is 0.497 e. The Labute approximate surface area is 195 Å². The molecule has 1 fully saturated rings. The van der Waals surface area contributed by atoms with Gasteiger partial charge >= 0.3 is 0 Å². The van der Waals surface area contributed by atoms with Gasteiger partial charge in [-0.15, -0.1) is 0 Å². The zero-order valence-corrected chi connectivity index (χ0v) is 19.8. The molecule has 8 nitrogen and oxygen atoms in total. The number of benzene rings is 2. The quantitative estimate of drug-likeness (QED) is 0.518. The third-order valence-corrected chi connectivity index (χ3v) is 7.35. The van der Waals surface area contributed by atoms with Crippen LogP contribution in [0.4, 0.5) is 5.69 Å². The van der Waals surface area contributed by atoms with Crippen molar-refractivity contribution < 1.29 is 22.7 Å². The predicted octanol–water partition coefficient (Wildman–Crippen LogP) is 2.84. The molecule has 33 heavy (non-hydrogen) atoms. The van der Waals surface area contributed by atoms with E-state index in [1.807, 2.05) is 31.2 Å². The number of methoxy groups -OCH3 is 1. The van der Waals surface area contributed by atoms with Crippen molar-refractivity contribution in [3.63, 3.8) is 0 Å². The van der Waals surface area contributed by atoms with Crippen LogP contribution in [0.15, 0.2) is 53.4 Å². The van der Waals surface area contributed by atoms with Crippen LogP contribution in [-0.2, 0) is 19.6 Å². The molecule has 0 unspecified atom stereocenters. The Morgan fingerprint density at radius 1 is 0.970 bits per heavy atom. The molecule has 0 radical (unpaired) electrons. The molecule has 0 saturated heterocycles. The molecule has 1 saturated carbocycles. The van der Waals surface area contributed by atoms with Gasteiger partial charge in [-0.3, -0.25) is 9.59 Å². The van der Waals surface area contributed by atoms with Gasteiger partial charge in [-0.1, -0.05) is 17.7 Å². The van der Waals surface area contributed by atoms with Gasteiger partial charge < -0.3 is 15.4 Å². The van der Waals surface area contributed by atoms with Crippen molar-refractivity contribution in [3.8, 4) is 5.75 Å². The van der Waals surface area contributed by atoms with Gasteiger partial charge in [-0.05, 0) is 74.9 Å². The summed E-state index contributed by atoms with van der Waals surface area (Å²) in [4.78, 5) is 24.7. The highest BCUT2D eigenvalue weighted by atomic mass is 32.2. The number of sulfonamides is 1. The molecule has 2 aromatic carbocycles. The summed E-state index contributed by atoms with van der Waals surface area (Å²) in [6.45, 7) is 2.23. The Balaban J connectivity index is 1.38. The second kappa shape index (κ2) is 11.3. The van der Waals surface area contributed by atoms with E-state index in [2.05, 4.69) is 15.4 Å². The maximum absolute atomic E-state index is 12.5. The fraction of sp³-hybridized carbons (Fsp3) is 0.417. The summed E-state index contributed by atoms with van der Waals surface area (Å²) in [6.07, 6.45) is 2.83. The lowest BCUT2D eigenvalue weighted by molar-refractivity contribution is -0.128. The molecule has 2 aromatic rings. The number of nitrogens with one attached hydrogen (secondary N) is 3. The summed E-state index contributed by atoms with van der Waals surface area (Å²) in [5, 5.41) is 5.47. The number of carbonyl (C=O) groups excluding carboxylic acids is 2. The van der Waals surface area contributed by atoms with E-state index in [4.69, 9.17) is 4.74 Å². The first-order chi connectivity index (χ1) is 15.8. The summed E-state index contributed by atoms with van der Waals surface area (Å²) < 4.78 is 32.7. The molecule has 0 spiro atoms. The van der Waals surface area contributed by atoms with E-state index in [0.717, 1.165) is 18.4 Å². The molecule has 0 aliphatic heterocycles. The highest BCUT2D eigenvalue weighted by molar-refractivity contribution is 7.89. The van der Waals surface area contributed by atoms with Crippen LogP contribution in [-0.4, -0.2) is 40.4 Å². The van der Waals surface area contributed by atoms with Crippen molar-refractivity contribution in [1.29, 1.82) is 0 Å². The van der Waals surface area contributed by atoms with Gasteiger partial charge in [-0.25, -0.2) is 13.1 Å². The zero-order valence-electron chi connectivity index (χ0n) is 19.0. The van der Waals surface area contributed by atoms with Gasteiger partial charge in [0.05, 0.1) is 18.6 Å². The Bertz CT molecular complexity index is 1040. The van der Waals surface area contributed by atoms with Crippen LogP contribution in [0, 0.1) is 18.8 Å². The van der Waals surface area contributed by atoms with E-state index in [0.29, 0.717) is 30.8 Å². The van der Waals surface area contributed by atoms with Gasteiger partial charge in [-0.2, -0.15) is 0 Å². The van der Waals surface area contributed by atoms with Crippen LogP contribution in [0.25, 0.3) is 0 Å². The predicted molar refractivity (Wildman–Crippen MR) is 126 cm³/mol. The molecular formula is C24H31N3O5S. The topological polar surface area (TPSA) is 114 Å². The van der Waals surface area contributed by atoms with Gasteiger partial charge in [0.1, 0.15) is 5.75 Å². The molecule has 3 rings (SSSR count). The summed E-state index contributed by atoms with van der Waals surface area (Å²) in [6, 6.07) is 13.7. The third-order valence-electron chi connectivity index (χ3n) is 5.91. The smallest absolute Gasteiger partial charge is 0.243 e. The average molecular weight is 474 g/mol. The summed E-state index contributed by atoms with van der Waals surface area (Å²) >= 11 is 0. The lowest BCUT2D eigenvalue weighted by atomic mass is 9.81. The van der Waals surface area contributed by atoms with Crippen molar-refractivity contribution in [3.05, 3.63) is 54.1 Å². The third kappa shape index (κ3) is 7.30. The van der Waals surface area contributed by atoms with Gasteiger partial charge in [0, 0.05) is 18.2 Å². The van der Waals surface area contributed by atoms with E-state index in [-0.39, 0.29) is 35.1 Å². The lowest BCUT2D eigenvalue weighted by Gasteiger charge is -2.27. The molecule has 0 aromatic heterocycles. The number of rotatable bonds is 9.